The number of aromatic carboxylic acids is 1. The van der Waals surface area contributed by atoms with E-state index < -0.39 is 5.97 Å². The summed E-state index contributed by atoms with van der Waals surface area (Å²) in [5.41, 5.74) is -0.00337. The monoisotopic (exact) mass is 310 g/mol. The van der Waals surface area contributed by atoms with E-state index in [2.05, 4.69) is 0 Å². The number of carbonyl (C=O) groups is 1. The molecule has 1 saturated carbocycles. The molecule has 1 aromatic rings. The Bertz CT molecular complexity index is 537. The van der Waals surface area contributed by atoms with E-state index in [0.717, 1.165) is 25.7 Å². The number of benzene rings is 1. The van der Waals surface area contributed by atoms with Crippen molar-refractivity contribution in [1.29, 1.82) is 0 Å². The van der Waals surface area contributed by atoms with Crippen LogP contribution in [-0.2, 0) is 4.74 Å². The number of halogens is 1. The molecule has 3 rings (SSSR count). The molecule has 0 amide bonds. The van der Waals surface area contributed by atoms with E-state index >= 15 is 0 Å². The largest absolute Gasteiger partial charge is 0.489 e. The standard InChI is InChI=1S/C16H19ClO4/c17-12-4-3-5-13(14(12)15(18)19)21-11-6-9-20-16(10-11)7-1-2-8-16/h3-5,11H,1-2,6-10H2,(H,18,19). The van der Waals surface area contributed by atoms with Gasteiger partial charge in [-0.05, 0) is 25.0 Å². The molecule has 2 fully saturated rings. The lowest BCUT2D eigenvalue weighted by Crippen LogP contribution is -2.41. The van der Waals surface area contributed by atoms with Crippen LogP contribution in [0.3, 0.4) is 0 Å². The molecule has 1 atom stereocenters. The van der Waals surface area contributed by atoms with Crippen molar-refractivity contribution < 1.29 is 19.4 Å². The van der Waals surface area contributed by atoms with Crippen molar-refractivity contribution >= 4 is 17.6 Å². The summed E-state index contributed by atoms with van der Waals surface area (Å²) in [7, 11) is 0. The number of hydrogen-bond donors (Lipinski definition) is 1. The number of carboxylic acid groups (broad SMARTS) is 1. The molecular formula is C16H19ClO4. The molecule has 4 nitrogen and oxygen atoms in total. The molecule has 1 N–H and O–H groups in total. The van der Waals surface area contributed by atoms with E-state index in [1.165, 1.54) is 12.8 Å². The zero-order valence-corrected chi connectivity index (χ0v) is 12.6. The van der Waals surface area contributed by atoms with Gasteiger partial charge >= 0.3 is 5.97 Å². The van der Waals surface area contributed by atoms with Gasteiger partial charge < -0.3 is 14.6 Å². The minimum Gasteiger partial charge on any atom is -0.489 e. The van der Waals surface area contributed by atoms with Gasteiger partial charge in [0, 0.05) is 12.8 Å². The van der Waals surface area contributed by atoms with Crippen molar-refractivity contribution in [2.24, 2.45) is 0 Å². The van der Waals surface area contributed by atoms with Crippen LogP contribution >= 0.6 is 11.6 Å². The molecular weight excluding hydrogens is 292 g/mol. The number of carboxylic acids is 1. The molecule has 1 aliphatic heterocycles. The molecule has 0 radical (unpaired) electrons. The van der Waals surface area contributed by atoms with Crippen molar-refractivity contribution in [1.82, 2.24) is 0 Å². The molecule has 114 valence electrons. The van der Waals surface area contributed by atoms with Gasteiger partial charge in [0.2, 0.25) is 0 Å². The third-order valence-corrected chi connectivity index (χ3v) is 4.76. The van der Waals surface area contributed by atoms with E-state index in [-0.39, 0.29) is 22.3 Å². The van der Waals surface area contributed by atoms with Gasteiger partial charge in [0.15, 0.2) is 0 Å². The van der Waals surface area contributed by atoms with Crippen molar-refractivity contribution in [3.8, 4) is 5.75 Å². The lowest BCUT2D eigenvalue weighted by atomic mass is 9.90. The van der Waals surface area contributed by atoms with Gasteiger partial charge in [-0.2, -0.15) is 0 Å². The molecule has 1 saturated heterocycles. The molecule has 1 spiro atoms. The Kier molecular flexibility index (Phi) is 4.09. The lowest BCUT2D eigenvalue weighted by molar-refractivity contribution is -0.108. The average Bonchev–Trinajstić information content (AvgIpc) is 2.86. The minimum absolute atomic E-state index is 0.00610. The average molecular weight is 311 g/mol. The summed E-state index contributed by atoms with van der Waals surface area (Å²) in [6.45, 7) is 0.674. The maximum absolute atomic E-state index is 11.3. The summed E-state index contributed by atoms with van der Waals surface area (Å²) < 4.78 is 11.9. The van der Waals surface area contributed by atoms with Crippen LogP contribution in [0.2, 0.25) is 5.02 Å². The van der Waals surface area contributed by atoms with Gasteiger partial charge in [-0.1, -0.05) is 30.5 Å². The predicted octanol–water partition coefficient (Wildman–Crippen LogP) is 3.91. The SMILES string of the molecule is O=C(O)c1c(Cl)cccc1OC1CCOC2(CCCC2)C1. The Morgan fingerprint density at radius 2 is 2.14 bits per heavy atom. The molecule has 0 bridgehead atoms. The van der Waals surface area contributed by atoms with Crippen molar-refractivity contribution in [3.05, 3.63) is 28.8 Å². The second-order valence-electron chi connectivity index (χ2n) is 5.89. The number of rotatable bonds is 3. The van der Waals surface area contributed by atoms with Crippen molar-refractivity contribution in [2.45, 2.75) is 50.2 Å². The van der Waals surface area contributed by atoms with E-state index in [1.54, 1.807) is 18.2 Å². The first kappa shape index (κ1) is 14.7. The van der Waals surface area contributed by atoms with Crippen LogP contribution < -0.4 is 4.74 Å². The van der Waals surface area contributed by atoms with Gasteiger partial charge in [0.1, 0.15) is 17.4 Å². The molecule has 0 aromatic heterocycles. The van der Waals surface area contributed by atoms with Crippen LogP contribution in [0, 0.1) is 0 Å². The van der Waals surface area contributed by atoms with E-state index in [4.69, 9.17) is 21.1 Å². The zero-order chi connectivity index (χ0) is 14.9. The van der Waals surface area contributed by atoms with E-state index in [9.17, 15) is 9.90 Å². The molecule has 1 aliphatic carbocycles. The summed E-state index contributed by atoms with van der Waals surface area (Å²) in [5.74, 6) is -0.701. The summed E-state index contributed by atoms with van der Waals surface area (Å²) in [6.07, 6.45) is 6.16. The first-order valence-corrected chi connectivity index (χ1v) is 7.80. The highest BCUT2D eigenvalue weighted by Gasteiger charge is 2.41. The van der Waals surface area contributed by atoms with Gasteiger partial charge in [-0.15, -0.1) is 0 Å². The Morgan fingerprint density at radius 3 is 2.86 bits per heavy atom. The number of hydrogen-bond acceptors (Lipinski definition) is 3. The third-order valence-electron chi connectivity index (χ3n) is 4.45. The highest BCUT2D eigenvalue weighted by atomic mass is 35.5. The summed E-state index contributed by atoms with van der Waals surface area (Å²) in [5, 5.41) is 9.50. The Labute approximate surface area is 129 Å². The lowest BCUT2D eigenvalue weighted by Gasteiger charge is -2.38. The van der Waals surface area contributed by atoms with Crippen LogP contribution in [0.4, 0.5) is 0 Å². The second-order valence-corrected chi connectivity index (χ2v) is 6.30. The Balaban J connectivity index is 1.77. The summed E-state index contributed by atoms with van der Waals surface area (Å²) in [6, 6.07) is 4.96. The van der Waals surface area contributed by atoms with Gasteiger partial charge in [-0.3, -0.25) is 0 Å². The van der Waals surface area contributed by atoms with Crippen molar-refractivity contribution in [3.63, 3.8) is 0 Å². The first-order chi connectivity index (χ1) is 10.1. The molecule has 21 heavy (non-hydrogen) atoms. The van der Waals surface area contributed by atoms with Crippen LogP contribution in [0.15, 0.2) is 18.2 Å². The van der Waals surface area contributed by atoms with Crippen LogP contribution in [-0.4, -0.2) is 29.4 Å². The van der Waals surface area contributed by atoms with Crippen LogP contribution in [0.25, 0.3) is 0 Å². The molecule has 2 aliphatic rings. The first-order valence-electron chi connectivity index (χ1n) is 7.42. The zero-order valence-electron chi connectivity index (χ0n) is 11.8. The topological polar surface area (TPSA) is 55.8 Å². The summed E-state index contributed by atoms with van der Waals surface area (Å²) in [4.78, 5) is 11.3. The molecule has 1 heterocycles. The molecule has 1 aromatic carbocycles. The van der Waals surface area contributed by atoms with Crippen LogP contribution in [0.1, 0.15) is 48.9 Å². The fraction of sp³-hybridized carbons (Fsp3) is 0.562. The second kappa shape index (κ2) is 5.85. The quantitative estimate of drug-likeness (QED) is 0.919. The maximum Gasteiger partial charge on any atom is 0.341 e. The van der Waals surface area contributed by atoms with Gasteiger partial charge in [0.25, 0.3) is 0 Å². The van der Waals surface area contributed by atoms with E-state index in [1.807, 2.05) is 0 Å². The highest BCUT2D eigenvalue weighted by molar-refractivity contribution is 6.33. The fourth-order valence-corrected chi connectivity index (χ4v) is 3.69. The smallest absolute Gasteiger partial charge is 0.341 e. The highest BCUT2D eigenvalue weighted by Crippen LogP contribution is 2.41. The minimum atomic E-state index is -1.06. The Morgan fingerprint density at radius 1 is 1.38 bits per heavy atom. The van der Waals surface area contributed by atoms with Crippen molar-refractivity contribution in [2.75, 3.05) is 6.61 Å². The predicted molar refractivity (Wildman–Crippen MR) is 79.2 cm³/mol. The van der Waals surface area contributed by atoms with Gasteiger partial charge in [-0.25, -0.2) is 4.79 Å². The van der Waals surface area contributed by atoms with E-state index in [0.29, 0.717) is 12.4 Å². The Hall–Kier alpha value is -1.26. The van der Waals surface area contributed by atoms with Gasteiger partial charge in [0.05, 0.1) is 17.2 Å². The fourth-order valence-electron chi connectivity index (χ4n) is 3.44. The summed E-state index contributed by atoms with van der Waals surface area (Å²) >= 11 is 5.98. The van der Waals surface area contributed by atoms with Crippen LogP contribution in [0.5, 0.6) is 5.75 Å². The normalized spacial score (nSPS) is 24.1. The molecule has 5 heteroatoms. The third kappa shape index (κ3) is 3.01. The number of ether oxygens (including phenoxy) is 2. The molecule has 1 unspecified atom stereocenters. The maximum atomic E-state index is 11.3.